The molecule has 29 heavy (non-hydrogen) atoms. The minimum atomic E-state index is -0.0454. The molecule has 0 aliphatic carbocycles. The first-order valence-corrected chi connectivity index (χ1v) is 10.1. The molecule has 2 heterocycles. The Morgan fingerprint density at radius 2 is 1.93 bits per heavy atom. The third-order valence-electron chi connectivity index (χ3n) is 5.02. The van der Waals surface area contributed by atoms with Gasteiger partial charge in [0.1, 0.15) is 12.4 Å². The summed E-state index contributed by atoms with van der Waals surface area (Å²) in [6, 6.07) is 9.96. The molecule has 6 nitrogen and oxygen atoms in total. The highest BCUT2D eigenvalue weighted by atomic mass is 16.5. The third-order valence-corrected chi connectivity index (χ3v) is 5.02. The maximum atomic E-state index is 13.2. The second-order valence-electron chi connectivity index (χ2n) is 8.01. The van der Waals surface area contributed by atoms with Gasteiger partial charge in [-0.2, -0.15) is 5.10 Å². The summed E-state index contributed by atoms with van der Waals surface area (Å²) in [6.45, 7) is 11.2. The van der Waals surface area contributed by atoms with Gasteiger partial charge in [0.05, 0.1) is 23.7 Å². The maximum absolute atomic E-state index is 13.2. The highest BCUT2D eigenvalue weighted by Crippen LogP contribution is 2.25. The summed E-state index contributed by atoms with van der Waals surface area (Å²) in [5.41, 5.74) is 3.39. The molecule has 0 aliphatic rings. The van der Waals surface area contributed by atoms with E-state index in [1.54, 1.807) is 18.1 Å². The van der Waals surface area contributed by atoms with E-state index in [-0.39, 0.29) is 17.9 Å². The first-order chi connectivity index (χ1) is 13.8. The number of aromatic nitrogens is 3. The van der Waals surface area contributed by atoms with Crippen LogP contribution in [0.15, 0.2) is 36.5 Å². The molecule has 2 aromatic heterocycles. The molecule has 0 unspecified atom stereocenters. The Kier molecular flexibility index (Phi) is 6.20. The highest BCUT2D eigenvalue weighted by Gasteiger charge is 2.21. The number of amides is 1. The lowest BCUT2D eigenvalue weighted by Gasteiger charge is -2.19. The quantitative estimate of drug-likeness (QED) is 0.588. The number of likely N-dealkylation sites (N-methyl/N-ethyl adjacent to an activating group) is 1. The molecule has 6 heteroatoms. The summed E-state index contributed by atoms with van der Waals surface area (Å²) in [6.07, 6.45) is 1.75. The van der Waals surface area contributed by atoms with Crippen LogP contribution in [0.5, 0.6) is 5.75 Å². The highest BCUT2D eigenvalue weighted by molar-refractivity contribution is 6.05. The largest absolute Gasteiger partial charge is 0.491 e. The number of para-hydroxylation sites is 1. The minimum absolute atomic E-state index is 0.0454. The van der Waals surface area contributed by atoms with E-state index in [9.17, 15) is 4.79 Å². The Balaban J connectivity index is 1.82. The molecule has 0 saturated carbocycles. The van der Waals surface area contributed by atoms with Crippen molar-refractivity contribution in [3.8, 4) is 5.75 Å². The topological polar surface area (TPSA) is 60.2 Å². The average molecular weight is 395 g/mol. The third kappa shape index (κ3) is 4.42. The molecule has 1 aromatic carbocycles. The van der Waals surface area contributed by atoms with E-state index < -0.39 is 0 Å². The van der Waals surface area contributed by atoms with Crippen molar-refractivity contribution in [3.05, 3.63) is 53.3 Å². The summed E-state index contributed by atoms with van der Waals surface area (Å²) in [7, 11) is 1.80. The zero-order valence-electron chi connectivity index (χ0n) is 18.1. The van der Waals surface area contributed by atoms with Crippen molar-refractivity contribution < 1.29 is 9.53 Å². The predicted molar refractivity (Wildman–Crippen MR) is 116 cm³/mol. The van der Waals surface area contributed by atoms with E-state index >= 15 is 0 Å². The van der Waals surface area contributed by atoms with Gasteiger partial charge in [-0.25, -0.2) is 9.67 Å². The molecule has 0 fully saturated rings. The number of hydrogen-bond acceptors (Lipinski definition) is 4. The second kappa shape index (κ2) is 8.64. The van der Waals surface area contributed by atoms with Crippen LogP contribution < -0.4 is 4.74 Å². The lowest BCUT2D eigenvalue weighted by molar-refractivity contribution is 0.0775. The van der Waals surface area contributed by atoms with Crippen LogP contribution in [0, 0.1) is 6.92 Å². The van der Waals surface area contributed by atoms with Crippen molar-refractivity contribution in [3.63, 3.8) is 0 Å². The van der Waals surface area contributed by atoms with Crippen molar-refractivity contribution in [2.45, 2.75) is 46.6 Å². The smallest absolute Gasteiger partial charge is 0.254 e. The van der Waals surface area contributed by atoms with Crippen molar-refractivity contribution in [1.82, 2.24) is 19.7 Å². The average Bonchev–Trinajstić information content (AvgIpc) is 3.12. The Hall–Kier alpha value is -2.89. The van der Waals surface area contributed by atoms with Crippen molar-refractivity contribution in [1.29, 1.82) is 0 Å². The summed E-state index contributed by atoms with van der Waals surface area (Å²) >= 11 is 0. The van der Waals surface area contributed by atoms with Gasteiger partial charge in [0, 0.05) is 18.8 Å². The van der Waals surface area contributed by atoms with Crippen LogP contribution in [0.25, 0.3) is 11.0 Å². The Labute approximate surface area is 172 Å². The normalized spacial score (nSPS) is 11.4. The number of ether oxygens (including phenoxy) is 1. The first kappa shape index (κ1) is 20.8. The van der Waals surface area contributed by atoms with Crippen LogP contribution in [0.1, 0.15) is 61.3 Å². The number of fused-ring (bicyclic) bond motifs is 1. The molecule has 0 aliphatic heterocycles. The summed E-state index contributed by atoms with van der Waals surface area (Å²) < 4.78 is 7.73. The molecule has 1 amide bonds. The molecule has 0 atom stereocenters. The SMILES string of the molecule is Cc1ccccc1OCCN(C)C(=O)c1cc(C(C)C)nc2c1cnn2C(C)C. The fourth-order valence-electron chi connectivity index (χ4n) is 3.21. The number of benzene rings is 1. The van der Waals surface area contributed by atoms with Crippen LogP contribution in [-0.2, 0) is 0 Å². The maximum Gasteiger partial charge on any atom is 0.254 e. The van der Waals surface area contributed by atoms with Crippen molar-refractivity contribution >= 4 is 16.9 Å². The molecular formula is C23H30N4O2. The van der Waals surface area contributed by atoms with Gasteiger partial charge in [-0.1, -0.05) is 32.0 Å². The van der Waals surface area contributed by atoms with E-state index in [1.165, 1.54) is 0 Å². The predicted octanol–water partition coefficient (Wildman–Crippen LogP) is 4.60. The van der Waals surface area contributed by atoms with E-state index in [4.69, 9.17) is 9.72 Å². The minimum Gasteiger partial charge on any atom is -0.491 e. The summed E-state index contributed by atoms with van der Waals surface area (Å²) in [5.74, 6) is 1.02. The Morgan fingerprint density at radius 3 is 2.59 bits per heavy atom. The molecule has 0 spiro atoms. The molecular weight excluding hydrogens is 364 g/mol. The molecule has 154 valence electrons. The van der Waals surface area contributed by atoms with Crippen LogP contribution in [-0.4, -0.2) is 45.8 Å². The second-order valence-corrected chi connectivity index (χ2v) is 8.01. The molecule has 0 N–H and O–H groups in total. The summed E-state index contributed by atoms with van der Waals surface area (Å²) in [5, 5.41) is 5.26. The van der Waals surface area contributed by atoms with Gasteiger partial charge in [-0.05, 0) is 44.4 Å². The van der Waals surface area contributed by atoms with E-state index in [0.717, 1.165) is 28.0 Å². The molecule has 0 saturated heterocycles. The fraction of sp³-hybridized carbons (Fsp3) is 0.435. The van der Waals surface area contributed by atoms with Crippen LogP contribution in [0.2, 0.25) is 0 Å². The van der Waals surface area contributed by atoms with E-state index in [1.807, 2.05) is 41.9 Å². The number of carbonyl (C=O) groups is 1. The van der Waals surface area contributed by atoms with Crippen LogP contribution in [0.4, 0.5) is 0 Å². The summed E-state index contributed by atoms with van der Waals surface area (Å²) in [4.78, 5) is 19.7. The molecule has 3 aromatic rings. The van der Waals surface area contributed by atoms with Gasteiger partial charge in [-0.15, -0.1) is 0 Å². The van der Waals surface area contributed by atoms with Gasteiger partial charge < -0.3 is 9.64 Å². The number of pyridine rings is 1. The number of nitrogens with zero attached hydrogens (tertiary/aromatic N) is 4. The van der Waals surface area contributed by atoms with Gasteiger partial charge in [0.25, 0.3) is 5.91 Å². The van der Waals surface area contributed by atoms with Gasteiger partial charge in [0.15, 0.2) is 5.65 Å². The first-order valence-electron chi connectivity index (χ1n) is 10.1. The number of aryl methyl sites for hydroxylation is 1. The van der Waals surface area contributed by atoms with Crippen LogP contribution in [0.3, 0.4) is 0 Å². The van der Waals surface area contributed by atoms with Gasteiger partial charge in [-0.3, -0.25) is 4.79 Å². The lowest BCUT2D eigenvalue weighted by Crippen LogP contribution is -2.31. The van der Waals surface area contributed by atoms with E-state index in [2.05, 4.69) is 32.8 Å². The monoisotopic (exact) mass is 394 g/mol. The number of carbonyl (C=O) groups excluding carboxylic acids is 1. The molecule has 0 bridgehead atoms. The van der Waals surface area contributed by atoms with Crippen LogP contribution >= 0.6 is 0 Å². The number of rotatable bonds is 7. The Bertz CT molecular complexity index is 1010. The van der Waals surface area contributed by atoms with Crippen molar-refractivity contribution in [2.75, 3.05) is 20.2 Å². The van der Waals surface area contributed by atoms with Gasteiger partial charge >= 0.3 is 0 Å². The zero-order chi connectivity index (χ0) is 21.1. The number of hydrogen-bond donors (Lipinski definition) is 0. The lowest BCUT2D eigenvalue weighted by atomic mass is 10.0. The van der Waals surface area contributed by atoms with Gasteiger partial charge in [0.2, 0.25) is 0 Å². The Morgan fingerprint density at radius 1 is 1.21 bits per heavy atom. The molecule has 0 radical (unpaired) electrons. The molecule has 3 rings (SSSR count). The fourth-order valence-corrected chi connectivity index (χ4v) is 3.21. The van der Waals surface area contributed by atoms with E-state index in [0.29, 0.717) is 18.7 Å². The standard InChI is InChI=1S/C23H30N4O2/c1-15(2)20-13-18(19-14-24-27(16(3)4)22(19)25-20)23(28)26(6)11-12-29-21-10-8-7-9-17(21)5/h7-10,13-16H,11-12H2,1-6H3. The zero-order valence-corrected chi connectivity index (χ0v) is 18.1. The van der Waals surface area contributed by atoms with Crippen molar-refractivity contribution in [2.24, 2.45) is 0 Å².